The molecular weight excluding hydrogens is 274 g/mol. The van der Waals surface area contributed by atoms with E-state index in [2.05, 4.69) is 46.2 Å². The van der Waals surface area contributed by atoms with Crippen LogP contribution in [0.1, 0.15) is 66.7 Å². The third-order valence-electron chi connectivity index (χ3n) is 3.67. The Labute approximate surface area is 137 Å². The van der Waals surface area contributed by atoms with E-state index < -0.39 is 0 Å². The number of hydrogen-bond donors (Lipinski definition) is 1. The minimum Gasteiger partial charge on any atom is -0.496 e. The first-order valence-corrected chi connectivity index (χ1v) is 8.40. The van der Waals surface area contributed by atoms with Crippen LogP contribution in [0, 0.1) is 11.3 Å². The van der Waals surface area contributed by atoms with Gasteiger partial charge in [0.25, 0.3) is 0 Å². The monoisotopic (exact) mass is 309 g/mol. The summed E-state index contributed by atoms with van der Waals surface area (Å²) in [7, 11) is 0. The Kier molecular flexibility index (Phi) is 9.88. The number of hydrogen-bond acceptors (Lipinski definition) is 3. The first-order chi connectivity index (χ1) is 10.2. The Morgan fingerprint density at radius 1 is 1.32 bits per heavy atom. The lowest BCUT2D eigenvalue weighted by Gasteiger charge is -2.23. The molecule has 0 saturated carbocycles. The van der Waals surface area contributed by atoms with Gasteiger partial charge in [-0.2, -0.15) is 0 Å². The molecule has 0 heterocycles. The van der Waals surface area contributed by atoms with E-state index in [1.165, 1.54) is 0 Å². The SMILES string of the molecule is C=C(CCC(C)C=O)NC(CC)C(=C)OCCCC(C)(C)C. The van der Waals surface area contributed by atoms with Gasteiger partial charge in [-0.1, -0.05) is 47.8 Å². The molecule has 0 aliphatic heterocycles. The summed E-state index contributed by atoms with van der Waals surface area (Å²) in [5, 5.41) is 3.37. The Balaban J connectivity index is 4.08. The molecule has 0 aliphatic rings. The topological polar surface area (TPSA) is 38.3 Å². The maximum Gasteiger partial charge on any atom is 0.122 e. The van der Waals surface area contributed by atoms with Crippen molar-refractivity contribution in [2.75, 3.05) is 6.61 Å². The molecule has 0 rings (SSSR count). The van der Waals surface area contributed by atoms with Crippen molar-refractivity contribution in [3.8, 4) is 0 Å². The Bertz CT molecular complexity index is 355. The summed E-state index contributed by atoms with van der Waals surface area (Å²) in [6, 6.07) is 0.0914. The molecule has 0 radical (unpaired) electrons. The lowest BCUT2D eigenvalue weighted by atomic mass is 9.91. The van der Waals surface area contributed by atoms with Crippen LogP contribution in [-0.4, -0.2) is 18.9 Å². The summed E-state index contributed by atoms with van der Waals surface area (Å²) in [4.78, 5) is 10.6. The highest BCUT2D eigenvalue weighted by Gasteiger charge is 2.14. The van der Waals surface area contributed by atoms with Gasteiger partial charge in [-0.15, -0.1) is 0 Å². The number of carbonyl (C=O) groups is 1. The summed E-state index contributed by atoms with van der Waals surface area (Å²) in [5.74, 6) is 0.858. The molecule has 0 bridgehead atoms. The molecule has 3 nitrogen and oxygen atoms in total. The van der Waals surface area contributed by atoms with Gasteiger partial charge in [0.05, 0.1) is 12.6 Å². The van der Waals surface area contributed by atoms with Crippen LogP contribution in [0.25, 0.3) is 0 Å². The standard InChI is InChI=1S/C19H35NO2/c1-8-18(20-16(3)11-10-15(2)14-21)17(4)22-13-9-12-19(5,6)7/h14-15,18,20H,3-4,8-13H2,1-2,5-7H3. The van der Waals surface area contributed by atoms with Crippen LogP contribution >= 0.6 is 0 Å². The van der Waals surface area contributed by atoms with Crippen LogP contribution in [0.3, 0.4) is 0 Å². The van der Waals surface area contributed by atoms with E-state index in [1.54, 1.807) is 0 Å². The van der Waals surface area contributed by atoms with Gasteiger partial charge >= 0.3 is 0 Å². The molecule has 0 saturated heterocycles. The largest absolute Gasteiger partial charge is 0.496 e. The number of carbonyl (C=O) groups excluding carboxylic acids is 1. The zero-order valence-electron chi connectivity index (χ0n) is 15.2. The highest BCUT2D eigenvalue weighted by Crippen LogP contribution is 2.21. The van der Waals surface area contributed by atoms with Crippen molar-refractivity contribution in [2.24, 2.45) is 11.3 Å². The van der Waals surface area contributed by atoms with E-state index in [0.717, 1.165) is 49.8 Å². The fourth-order valence-corrected chi connectivity index (χ4v) is 2.11. The maximum atomic E-state index is 10.6. The number of rotatable bonds is 12. The van der Waals surface area contributed by atoms with Gasteiger partial charge in [0.2, 0.25) is 0 Å². The molecule has 0 amide bonds. The first kappa shape index (κ1) is 20.8. The van der Waals surface area contributed by atoms with Crippen molar-refractivity contribution in [1.82, 2.24) is 5.32 Å². The molecule has 2 atom stereocenters. The van der Waals surface area contributed by atoms with Crippen molar-refractivity contribution in [1.29, 1.82) is 0 Å². The predicted molar refractivity (Wildman–Crippen MR) is 94.6 cm³/mol. The predicted octanol–water partition coefficient (Wildman–Crippen LogP) is 4.84. The van der Waals surface area contributed by atoms with Crippen molar-refractivity contribution in [2.45, 2.75) is 72.8 Å². The molecular formula is C19H35NO2. The van der Waals surface area contributed by atoms with Gasteiger partial charge in [0.15, 0.2) is 0 Å². The smallest absolute Gasteiger partial charge is 0.122 e. The van der Waals surface area contributed by atoms with Crippen LogP contribution in [0.15, 0.2) is 24.6 Å². The molecule has 0 fully saturated rings. The van der Waals surface area contributed by atoms with Gasteiger partial charge in [-0.05, 0) is 37.5 Å². The van der Waals surface area contributed by atoms with Crippen LogP contribution in [0.4, 0.5) is 0 Å². The molecule has 0 aromatic rings. The average Bonchev–Trinajstić information content (AvgIpc) is 2.45. The third kappa shape index (κ3) is 10.5. The van der Waals surface area contributed by atoms with Gasteiger partial charge in [0.1, 0.15) is 12.0 Å². The summed E-state index contributed by atoms with van der Waals surface area (Å²) in [6.45, 7) is 19.5. The molecule has 1 N–H and O–H groups in total. The van der Waals surface area contributed by atoms with E-state index in [1.807, 2.05) is 6.92 Å². The fourth-order valence-electron chi connectivity index (χ4n) is 2.11. The van der Waals surface area contributed by atoms with E-state index >= 15 is 0 Å². The van der Waals surface area contributed by atoms with Crippen molar-refractivity contribution < 1.29 is 9.53 Å². The Morgan fingerprint density at radius 2 is 1.95 bits per heavy atom. The Morgan fingerprint density at radius 3 is 2.45 bits per heavy atom. The van der Waals surface area contributed by atoms with Crippen LogP contribution in [-0.2, 0) is 9.53 Å². The molecule has 0 aromatic carbocycles. The fraction of sp³-hybridized carbons (Fsp3) is 0.737. The second-order valence-corrected chi connectivity index (χ2v) is 7.34. The van der Waals surface area contributed by atoms with Gasteiger partial charge in [-0.3, -0.25) is 0 Å². The summed E-state index contributed by atoms with van der Waals surface area (Å²) < 4.78 is 5.78. The van der Waals surface area contributed by atoms with Gasteiger partial charge in [-0.25, -0.2) is 0 Å². The van der Waals surface area contributed by atoms with Crippen molar-refractivity contribution in [3.05, 3.63) is 24.6 Å². The zero-order valence-corrected chi connectivity index (χ0v) is 15.2. The lowest BCUT2D eigenvalue weighted by molar-refractivity contribution is -0.110. The van der Waals surface area contributed by atoms with E-state index in [9.17, 15) is 4.79 Å². The highest BCUT2D eigenvalue weighted by atomic mass is 16.5. The maximum absolute atomic E-state index is 10.6. The normalized spacial score (nSPS) is 14.0. The minimum atomic E-state index is 0.0791. The van der Waals surface area contributed by atoms with E-state index in [4.69, 9.17) is 4.74 Å². The number of ether oxygens (including phenoxy) is 1. The van der Waals surface area contributed by atoms with Gasteiger partial charge < -0.3 is 14.8 Å². The molecule has 0 aliphatic carbocycles. The van der Waals surface area contributed by atoms with Crippen molar-refractivity contribution >= 4 is 6.29 Å². The summed E-state index contributed by atoms with van der Waals surface area (Å²) in [6.07, 6.45) is 5.69. The van der Waals surface area contributed by atoms with E-state index in [0.29, 0.717) is 12.0 Å². The van der Waals surface area contributed by atoms with Gasteiger partial charge in [0, 0.05) is 11.6 Å². The second-order valence-electron chi connectivity index (χ2n) is 7.34. The van der Waals surface area contributed by atoms with Crippen LogP contribution in [0.5, 0.6) is 0 Å². The lowest BCUT2D eigenvalue weighted by Crippen LogP contribution is -2.30. The molecule has 0 spiro atoms. The summed E-state index contributed by atoms with van der Waals surface area (Å²) >= 11 is 0. The molecule has 0 aromatic heterocycles. The first-order valence-electron chi connectivity index (χ1n) is 8.40. The molecule has 2 unspecified atom stereocenters. The van der Waals surface area contributed by atoms with Crippen molar-refractivity contribution in [3.63, 3.8) is 0 Å². The minimum absolute atomic E-state index is 0.0791. The number of allylic oxidation sites excluding steroid dienone is 1. The molecule has 22 heavy (non-hydrogen) atoms. The molecule has 3 heteroatoms. The molecule has 128 valence electrons. The average molecular weight is 309 g/mol. The second kappa shape index (κ2) is 10.5. The zero-order chi connectivity index (χ0) is 17.2. The van der Waals surface area contributed by atoms with Crippen LogP contribution in [0.2, 0.25) is 0 Å². The number of nitrogens with one attached hydrogen (secondary N) is 1. The third-order valence-corrected chi connectivity index (χ3v) is 3.67. The van der Waals surface area contributed by atoms with Crippen LogP contribution < -0.4 is 5.32 Å². The number of aldehydes is 1. The highest BCUT2D eigenvalue weighted by molar-refractivity contribution is 5.52. The Hall–Kier alpha value is -1.25. The quantitative estimate of drug-likeness (QED) is 0.318. The van der Waals surface area contributed by atoms with E-state index in [-0.39, 0.29) is 12.0 Å². The summed E-state index contributed by atoms with van der Waals surface area (Å²) in [5.41, 5.74) is 1.29.